The van der Waals surface area contributed by atoms with Gasteiger partial charge in [-0.3, -0.25) is 0 Å². The number of rotatable bonds is 3. The van der Waals surface area contributed by atoms with Crippen LogP contribution in [0.1, 0.15) is 22.6 Å². The molecule has 0 atom stereocenters. The molecule has 2 N–H and O–H groups in total. The standard InChI is InChI=1S/C19H17N/c20-19-13-9-16(10-14-19)6-5-15-7-11-18(12-8-15)17-3-1-2-4-17/h1-14,17H,20H2/b6-5+. The molecule has 0 unspecified atom stereocenters. The molecule has 0 radical (unpaired) electrons. The summed E-state index contributed by atoms with van der Waals surface area (Å²) in [5, 5.41) is 0. The highest BCUT2D eigenvalue weighted by Gasteiger charge is 2.05. The molecule has 1 aliphatic carbocycles. The molecule has 0 spiro atoms. The van der Waals surface area contributed by atoms with E-state index in [-0.39, 0.29) is 0 Å². The Kier molecular flexibility index (Phi) is 3.51. The van der Waals surface area contributed by atoms with Gasteiger partial charge in [-0.1, -0.05) is 72.9 Å². The van der Waals surface area contributed by atoms with E-state index in [4.69, 9.17) is 5.73 Å². The molecular formula is C19H17N. The van der Waals surface area contributed by atoms with E-state index < -0.39 is 0 Å². The quantitative estimate of drug-likeness (QED) is 0.630. The van der Waals surface area contributed by atoms with Gasteiger partial charge in [0, 0.05) is 11.6 Å². The van der Waals surface area contributed by atoms with Crippen molar-refractivity contribution in [2.75, 3.05) is 5.73 Å². The molecule has 0 saturated carbocycles. The lowest BCUT2D eigenvalue weighted by molar-refractivity contribution is 1.10. The SMILES string of the molecule is Nc1ccc(/C=C/c2ccc(C3C=CC=C3)cc2)cc1. The number of nitrogens with two attached hydrogens (primary N) is 1. The van der Waals surface area contributed by atoms with E-state index in [1.165, 1.54) is 11.1 Å². The Bertz CT molecular complexity index is 646. The molecule has 20 heavy (non-hydrogen) atoms. The first-order valence-corrected chi connectivity index (χ1v) is 6.80. The van der Waals surface area contributed by atoms with Crippen molar-refractivity contribution < 1.29 is 0 Å². The summed E-state index contributed by atoms with van der Waals surface area (Å²) in [5.74, 6) is 0.435. The van der Waals surface area contributed by atoms with Gasteiger partial charge in [0.15, 0.2) is 0 Å². The van der Waals surface area contributed by atoms with Crippen LogP contribution in [0.4, 0.5) is 5.69 Å². The lowest BCUT2D eigenvalue weighted by Gasteiger charge is -2.05. The van der Waals surface area contributed by atoms with Gasteiger partial charge in [-0.25, -0.2) is 0 Å². The average Bonchev–Trinajstić information content (AvgIpc) is 3.01. The van der Waals surface area contributed by atoms with Gasteiger partial charge in [0.25, 0.3) is 0 Å². The summed E-state index contributed by atoms with van der Waals surface area (Å²) in [6.45, 7) is 0. The summed E-state index contributed by atoms with van der Waals surface area (Å²) in [7, 11) is 0. The van der Waals surface area contributed by atoms with Crippen LogP contribution in [0.25, 0.3) is 12.2 Å². The Labute approximate surface area is 119 Å². The summed E-state index contributed by atoms with van der Waals surface area (Å²) in [4.78, 5) is 0. The van der Waals surface area contributed by atoms with Gasteiger partial charge >= 0.3 is 0 Å². The van der Waals surface area contributed by atoms with Gasteiger partial charge in [0.2, 0.25) is 0 Å². The van der Waals surface area contributed by atoms with Crippen molar-refractivity contribution in [2.45, 2.75) is 5.92 Å². The van der Waals surface area contributed by atoms with Crippen LogP contribution in [0.3, 0.4) is 0 Å². The minimum Gasteiger partial charge on any atom is -0.399 e. The van der Waals surface area contributed by atoms with Crippen LogP contribution in [0.15, 0.2) is 72.8 Å². The number of nitrogen functional groups attached to an aromatic ring is 1. The summed E-state index contributed by atoms with van der Waals surface area (Å²) < 4.78 is 0. The number of allylic oxidation sites excluding steroid dienone is 4. The lowest BCUT2D eigenvalue weighted by Crippen LogP contribution is -1.88. The molecule has 1 aliphatic rings. The molecule has 98 valence electrons. The van der Waals surface area contributed by atoms with Crippen LogP contribution < -0.4 is 5.73 Å². The highest BCUT2D eigenvalue weighted by Crippen LogP contribution is 2.23. The molecule has 2 aromatic carbocycles. The monoisotopic (exact) mass is 259 g/mol. The molecule has 0 fully saturated rings. The molecule has 0 saturated heterocycles. The van der Waals surface area contributed by atoms with Crippen LogP contribution in [0.5, 0.6) is 0 Å². The summed E-state index contributed by atoms with van der Waals surface area (Å²) >= 11 is 0. The minimum atomic E-state index is 0.435. The summed E-state index contributed by atoms with van der Waals surface area (Å²) in [5.41, 5.74) is 10.2. The molecule has 1 heteroatoms. The fraction of sp³-hybridized carbons (Fsp3) is 0.0526. The number of hydrogen-bond acceptors (Lipinski definition) is 1. The maximum absolute atomic E-state index is 5.68. The fourth-order valence-electron chi connectivity index (χ4n) is 2.28. The zero-order chi connectivity index (χ0) is 13.8. The highest BCUT2D eigenvalue weighted by atomic mass is 14.5. The maximum atomic E-state index is 5.68. The van der Waals surface area contributed by atoms with Crippen molar-refractivity contribution in [1.29, 1.82) is 0 Å². The Balaban J connectivity index is 1.73. The van der Waals surface area contributed by atoms with Crippen LogP contribution >= 0.6 is 0 Å². The Morgan fingerprint density at radius 3 is 1.75 bits per heavy atom. The number of hydrogen-bond donors (Lipinski definition) is 1. The first-order chi connectivity index (χ1) is 9.81. The third-order valence-electron chi connectivity index (χ3n) is 3.47. The third kappa shape index (κ3) is 2.89. The molecule has 0 aromatic heterocycles. The molecule has 0 aliphatic heterocycles. The second-order valence-corrected chi connectivity index (χ2v) is 4.96. The normalized spacial score (nSPS) is 14.4. The van der Waals surface area contributed by atoms with E-state index in [9.17, 15) is 0 Å². The van der Waals surface area contributed by atoms with Gasteiger partial charge in [0.1, 0.15) is 0 Å². The lowest BCUT2D eigenvalue weighted by atomic mass is 9.99. The fourth-order valence-corrected chi connectivity index (χ4v) is 2.28. The van der Waals surface area contributed by atoms with Crippen molar-refractivity contribution in [3.05, 3.63) is 89.5 Å². The first kappa shape index (κ1) is 12.5. The first-order valence-electron chi connectivity index (χ1n) is 6.80. The average molecular weight is 259 g/mol. The molecule has 1 nitrogen and oxygen atoms in total. The largest absolute Gasteiger partial charge is 0.399 e. The second-order valence-electron chi connectivity index (χ2n) is 4.96. The molecule has 0 bridgehead atoms. The van der Waals surface area contributed by atoms with Crippen LogP contribution in [0.2, 0.25) is 0 Å². The van der Waals surface area contributed by atoms with E-state index in [2.05, 4.69) is 60.7 Å². The molecule has 0 amide bonds. The third-order valence-corrected chi connectivity index (χ3v) is 3.47. The molecule has 0 heterocycles. The zero-order valence-corrected chi connectivity index (χ0v) is 11.2. The Hall–Kier alpha value is -2.54. The van der Waals surface area contributed by atoms with Crippen molar-refractivity contribution in [2.24, 2.45) is 0 Å². The van der Waals surface area contributed by atoms with E-state index >= 15 is 0 Å². The molecular weight excluding hydrogens is 242 g/mol. The van der Waals surface area contributed by atoms with Gasteiger partial charge < -0.3 is 5.73 Å². The van der Waals surface area contributed by atoms with E-state index in [1.807, 2.05) is 24.3 Å². The second kappa shape index (κ2) is 5.62. The van der Waals surface area contributed by atoms with Gasteiger partial charge in [-0.15, -0.1) is 0 Å². The number of benzene rings is 2. The predicted octanol–water partition coefficient (Wildman–Crippen LogP) is 4.65. The molecule has 2 aromatic rings. The smallest absolute Gasteiger partial charge is 0.0314 e. The van der Waals surface area contributed by atoms with Gasteiger partial charge in [0.05, 0.1) is 0 Å². The Morgan fingerprint density at radius 2 is 1.20 bits per heavy atom. The zero-order valence-electron chi connectivity index (χ0n) is 11.2. The van der Waals surface area contributed by atoms with Crippen LogP contribution in [-0.2, 0) is 0 Å². The van der Waals surface area contributed by atoms with E-state index in [0.717, 1.165) is 11.3 Å². The maximum Gasteiger partial charge on any atom is 0.0314 e. The topological polar surface area (TPSA) is 26.0 Å². The van der Waals surface area contributed by atoms with Gasteiger partial charge in [-0.05, 0) is 28.8 Å². The summed E-state index contributed by atoms with van der Waals surface area (Å²) in [6, 6.07) is 16.6. The number of anilines is 1. The van der Waals surface area contributed by atoms with Gasteiger partial charge in [-0.2, -0.15) is 0 Å². The van der Waals surface area contributed by atoms with E-state index in [1.54, 1.807) is 0 Å². The Morgan fingerprint density at radius 1 is 0.700 bits per heavy atom. The van der Waals surface area contributed by atoms with Crippen molar-refractivity contribution in [3.8, 4) is 0 Å². The molecule has 3 rings (SSSR count). The highest BCUT2D eigenvalue weighted by molar-refractivity contribution is 5.70. The van der Waals surface area contributed by atoms with E-state index in [0.29, 0.717) is 5.92 Å². The van der Waals surface area contributed by atoms with Crippen molar-refractivity contribution >= 4 is 17.8 Å². The van der Waals surface area contributed by atoms with Crippen LogP contribution in [0, 0.1) is 0 Å². The minimum absolute atomic E-state index is 0.435. The predicted molar refractivity (Wildman–Crippen MR) is 87.2 cm³/mol. The summed E-state index contributed by atoms with van der Waals surface area (Å²) in [6.07, 6.45) is 12.8. The van der Waals surface area contributed by atoms with Crippen molar-refractivity contribution in [1.82, 2.24) is 0 Å². The van der Waals surface area contributed by atoms with Crippen molar-refractivity contribution in [3.63, 3.8) is 0 Å². The van der Waals surface area contributed by atoms with Crippen LogP contribution in [-0.4, -0.2) is 0 Å².